The molecular formula is C23H41FO. The predicted molar refractivity (Wildman–Crippen MR) is 106 cm³/mol. The van der Waals surface area contributed by atoms with E-state index >= 15 is 0 Å². The Labute approximate surface area is 155 Å². The molecule has 0 heterocycles. The molecule has 2 aliphatic rings. The van der Waals surface area contributed by atoms with Crippen molar-refractivity contribution in [1.29, 1.82) is 0 Å². The van der Waals surface area contributed by atoms with Gasteiger partial charge in [-0.3, -0.25) is 0 Å². The fraction of sp³-hybridized carbons (Fsp3) is 0.913. The quantitative estimate of drug-likeness (QED) is 0.284. The number of rotatable bonds is 11. The van der Waals surface area contributed by atoms with Gasteiger partial charge in [-0.1, -0.05) is 70.4 Å². The first-order chi connectivity index (χ1) is 12.3. The van der Waals surface area contributed by atoms with Crippen LogP contribution in [0.3, 0.4) is 0 Å². The number of allylic oxidation sites excluding steroid dienone is 2. The Bertz CT molecular complexity index is 338. The first kappa shape index (κ1) is 20.9. The lowest BCUT2D eigenvalue weighted by molar-refractivity contribution is 0.0763. The molecule has 0 radical (unpaired) electrons. The lowest BCUT2D eigenvalue weighted by Gasteiger charge is -2.32. The van der Waals surface area contributed by atoms with Crippen molar-refractivity contribution in [2.75, 3.05) is 19.9 Å². The summed E-state index contributed by atoms with van der Waals surface area (Å²) in [7, 11) is 0. The zero-order chi connectivity index (χ0) is 17.7. The van der Waals surface area contributed by atoms with Gasteiger partial charge in [0, 0.05) is 13.2 Å². The van der Waals surface area contributed by atoms with Crippen molar-refractivity contribution >= 4 is 0 Å². The summed E-state index contributed by atoms with van der Waals surface area (Å²) in [5.74, 6) is 3.72. The Balaban J connectivity index is 1.50. The molecule has 25 heavy (non-hydrogen) atoms. The summed E-state index contributed by atoms with van der Waals surface area (Å²) in [6, 6.07) is 0. The molecule has 146 valence electrons. The van der Waals surface area contributed by atoms with E-state index in [-0.39, 0.29) is 6.67 Å². The van der Waals surface area contributed by atoms with E-state index in [4.69, 9.17) is 4.74 Å². The molecule has 0 unspecified atom stereocenters. The second-order valence-electron chi connectivity index (χ2n) is 8.63. The van der Waals surface area contributed by atoms with Crippen LogP contribution < -0.4 is 0 Å². The molecule has 0 bridgehead atoms. The van der Waals surface area contributed by atoms with E-state index < -0.39 is 0 Å². The Hall–Kier alpha value is -0.370. The van der Waals surface area contributed by atoms with Crippen LogP contribution in [-0.4, -0.2) is 19.9 Å². The number of alkyl halides is 1. The van der Waals surface area contributed by atoms with Gasteiger partial charge in [0.15, 0.2) is 0 Å². The maximum Gasteiger partial charge on any atom is 0.108 e. The van der Waals surface area contributed by atoms with Gasteiger partial charge in [-0.05, 0) is 55.8 Å². The summed E-state index contributed by atoms with van der Waals surface area (Å²) in [4.78, 5) is 0. The van der Waals surface area contributed by atoms with Gasteiger partial charge in [-0.2, -0.15) is 0 Å². The van der Waals surface area contributed by atoms with Crippen LogP contribution in [0.25, 0.3) is 0 Å². The smallest absolute Gasteiger partial charge is 0.108 e. The molecule has 0 aromatic rings. The van der Waals surface area contributed by atoms with Crippen molar-refractivity contribution in [2.24, 2.45) is 23.7 Å². The Morgan fingerprint density at radius 2 is 1.28 bits per heavy atom. The monoisotopic (exact) mass is 352 g/mol. The van der Waals surface area contributed by atoms with Crippen molar-refractivity contribution in [2.45, 2.75) is 90.4 Å². The summed E-state index contributed by atoms with van der Waals surface area (Å²) in [5.41, 5.74) is 0. The molecule has 2 rings (SSSR count). The van der Waals surface area contributed by atoms with E-state index in [9.17, 15) is 4.39 Å². The number of ether oxygens (including phenoxy) is 1. The molecule has 2 fully saturated rings. The van der Waals surface area contributed by atoms with Crippen LogP contribution in [-0.2, 0) is 4.74 Å². The third-order valence-electron chi connectivity index (χ3n) is 6.62. The second kappa shape index (κ2) is 12.9. The molecule has 1 nitrogen and oxygen atoms in total. The van der Waals surface area contributed by atoms with Gasteiger partial charge in [-0.25, -0.2) is 4.39 Å². The molecule has 0 atom stereocenters. The van der Waals surface area contributed by atoms with Gasteiger partial charge in [0.1, 0.15) is 6.67 Å². The van der Waals surface area contributed by atoms with Crippen LogP contribution in [0.4, 0.5) is 4.39 Å². The number of halogens is 1. The van der Waals surface area contributed by atoms with Crippen molar-refractivity contribution in [1.82, 2.24) is 0 Å². The Morgan fingerprint density at radius 3 is 1.80 bits per heavy atom. The molecule has 0 N–H and O–H groups in total. The van der Waals surface area contributed by atoms with Crippen LogP contribution in [0.2, 0.25) is 0 Å². The maximum atomic E-state index is 12.0. The standard InChI is InChI=1S/C23H41FO/c1-2-18-25-19-23-15-13-22(14-16-23)12-11-21-9-7-20(8-10-21)6-4-3-5-17-24/h3,5,20-23H,2,4,6-19H2,1H3/b5-3+. The first-order valence-corrected chi connectivity index (χ1v) is 11.1. The molecule has 0 aromatic heterocycles. The van der Waals surface area contributed by atoms with Crippen molar-refractivity contribution in [3.8, 4) is 0 Å². The molecule has 2 saturated carbocycles. The normalized spacial score (nSPS) is 30.8. The highest BCUT2D eigenvalue weighted by molar-refractivity contribution is 4.83. The van der Waals surface area contributed by atoms with E-state index in [1.165, 1.54) is 70.6 Å². The molecule has 0 spiro atoms. The van der Waals surface area contributed by atoms with E-state index in [1.807, 2.05) is 6.08 Å². The summed E-state index contributed by atoms with van der Waals surface area (Å²) in [6.07, 6.45) is 21.5. The van der Waals surface area contributed by atoms with Crippen LogP contribution in [0.5, 0.6) is 0 Å². The van der Waals surface area contributed by atoms with E-state index in [0.717, 1.165) is 49.7 Å². The van der Waals surface area contributed by atoms with E-state index in [2.05, 4.69) is 6.92 Å². The average Bonchev–Trinajstić information content (AvgIpc) is 2.66. The maximum absolute atomic E-state index is 12.0. The highest BCUT2D eigenvalue weighted by Gasteiger charge is 2.24. The average molecular weight is 353 g/mol. The molecule has 0 amide bonds. The zero-order valence-corrected chi connectivity index (χ0v) is 16.6. The van der Waals surface area contributed by atoms with Crippen LogP contribution in [0.15, 0.2) is 12.2 Å². The van der Waals surface area contributed by atoms with Gasteiger partial charge >= 0.3 is 0 Å². The molecule has 0 saturated heterocycles. The molecule has 0 aromatic carbocycles. The minimum atomic E-state index is -0.305. The largest absolute Gasteiger partial charge is 0.381 e. The summed E-state index contributed by atoms with van der Waals surface area (Å²) in [5, 5.41) is 0. The highest BCUT2D eigenvalue weighted by atomic mass is 19.1. The molecule has 0 aliphatic heterocycles. The van der Waals surface area contributed by atoms with Gasteiger partial charge in [0.25, 0.3) is 0 Å². The number of hydrogen-bond acceptors (Lipinski definition) is 1. The summed E-state index contributed by atoms with van der Waals surface area (Å²) in [6.45, 7) is 3.83. The minimum Gasteiger partial charge on any atom is -0.381 e. The van der Waals surface area contributed by atoms with E-state index in [1.54, 1.807) is 6.08 Å². The SMILES string of the molecule is CCCOCC1CCC(CCC2CCC(CC/C=C/CF)CC2)CC1. The third-order valence-corrected chi connectivity index (χ3v) is 6.62. The van der Waals surface area contributed by atoms with Crippen LogP contribution in [0, 0.1) is 23.7 Å². The lowest BCUT2D eigenvalue weighted by Crippen LogP contribution is -2.20. The Morgan fingerprint density at radius 1 is 0.760 bits per heavy atom. The third kappa shape index (κ3) is 8.71. The molecule has 2 heteroatoms. The lowest BCUT2D eigenvalue weighted by atomic mass is 9.75. The minimum absolute atomic E-state index is 0.305. The number of hydrogen-bond donors (Lipinski definition) is 0. The summed E-state index contributed by atoms with van der Waals surface area (Å²) < 4.78 is 17.8. The molecule has 2 aliphatic carbocycles. The van der Waals surface area contributed by atoms with Crippen LogP contribution in [0.1, 0.15) is 90.4 Å². The van der Waals surface area contributed by atoms with Crippen LogP contribution >= 0.6 is 0 Å². The van der Waals surface area contributed by atoms with Gasteiger partial charge < -0.3 is 4.74 Å². The van der Waals surface area contributed by atoms with E-state index in [0.29, 0.717) is 0 Å². The van der Waals surface area contributed by atoms with Gasteiger partial charge in [0.05, 0.1) is 0 Å². The highest BCUT2D eigenvalue weighted by Crippen LogP contribution is 2.37. The van der Waals surface area contributed by atoms with Crippen molar-refractivity contribution in [3.05, 3.63) is 12.2 Å². The zero-order valence-electron chi connectivity index (χ0n) is 16.6. The second-order valence-corrected chi connectivity index (χ2v) is 8.63. The van der Waals surface area contributed by atoms with Gasteiger partial charge in [-0.15, -0.1) is 0 Å². The Kier molecular flexibility index (Phi) is 10.8. The van der Waals surface area contributed by atoms with Crippen molar-refractivity contribution in [3.63, 3.8) is 0 Å². The first-order valence-electron chi connectivity index (χ1n) is 11.1. The fourth-order valence-electron chi connectivity index (χ4n) is 4.87. The fourth-order valence-corrected chi connectivity index (χ4v) is 4.87. The molecular weight excluding hydrogens is 311 g/mol. The topological polar surface area (TPSA) is 9.23 Å². The van der Waals surface area contributed by atoms with Gasteiger partial charge in [0.2, 0.25) is 0 Å². The predicted octanol–water partition coefficient (Wildman–Crippen LogP) is 7.11. The van der Waals surface area contributed by atoms with Crippen molar-refractivity contribution < 1.29 is 9.13 Å². The summed E-state index contributed by atoms with van der Waals surface area (Å²) >= 11 is 0.